The first-order valence-electron chi connectivity index (χ1n) is 7.77. The van der Waals surface area contributed by atoms with Crippen LogP contribution in [-0.4, -0.2) is 22.8 Å². The molecule has 0 fully saturated rings. The highest BCUT2D eigenvalue weighted by atomic mass is 32.2. The average Bonchev–Trinajstić information content (AvgIpc) is 2.61. The monoisotopic (exact) mass is 353 g/mol. The van der Waals surface area contributed by atoms with Gasteiger partial charge in [0.2, 0.25) is 11.8 Å². The molecule has 0 unspecified atom stereocenters. The number of thioether (sulfide) groups is 1. The Labute approximate surface area is 151 Å². The number of benzene rings is 2. The lowest BCUT2D eigenvalue weighted by atomic mass is 10.2. The van der Waals surface area contributed by atoms with E-state index in [0.29, 0.717) is 11.3 Å². The van der Waals surface area contributed by atoms with Gasteiger partial charge in [0.1, 0.15) is 0 Å². The number of carbonyl (C=O) groups excluding carboxylic acids is 2. The third-order valence-corrected chi connectivity index (χ3v) is 4.57. The molecule has 2 amide bonds. The summed E-state index contributed by atoms with van der Waals surface area (Å²) >= 11 is 1.26. The van der Waals surface area contributed by atoms with Gasteiger partial charge in [-0.05, 0) is 44.2 Å². The van der Waals surface area contributed by atoms with Crippen LogP contribution in [-0.2, 0) is 9.59 Å². The summed E-state index contributed by atoms with van der Waals surface area (Å²) in [6.07, 6.45) is 0. The van der Waals surface area contributed by atoms with E-state index in [2.05, 4.69) is 10.6 Å². The summed E-state index contributed by atoms with van der Waals surface area (Å²) in [6, 6.07) is 16.3. The van der Waals surface area contributed by atoms with Crippen molar-refractivity contribution >= 4 is 35.0 Å². The number of anilines is 2. The van der Waals surface area contributed by atoms with E-state index >= 15 is 0 Å². The first-order valence-corrected chi connectivity index (χ1v) is 8.82. The van der Waals surface area contributed by atoms with E-state index in [1.165, 1.54) is 11.8 Å². The fourth-order valence-corrected chi connectivity index (χ4v) is 2.70. The van der Waals surface area contributed by atoms with E-state index in [4.69, 9.17) is 5.26 Å². The molecule has 0 aliphatic rings. The van der Waals surface area contributed by atoms with Gasteiger partial charge in [0.25, 0.3) is 0 Å². The summed E-state index contributed by atoms with van der Waals surface area (Å²) in [5.74, 6) is -0.177. The van der Waals surface area contributed by atoms with Gasteiger partial charge < -0.3 is 10.6 Å². The fraction of sp³-hybridized carbons (Fsp3) is 0.211. The molecule has 0 aliphatic carbocycles. The predicted molar refractivity (Wildman–Crippen MR) is 102 cm³/mol. The SMILES string of the molecule is Cc1ccc(NC(=O)CS[C@H](C)C(=O)Nc2cccc(C#N)c2)cc1. The lowest BCUT2D eigenvalue weighted by molar-refractivity contribution is -0.115. The Hall–Kier alpha value is -2.78. The molecule has 25 heavy (non-hydrogen) atoms. The third kappa shape index (κ3) is 5.98. The van der Waals surface area contributed by atoms with Crippen molar-refractivity contribution in [3.05, 3.63) is 59.7 Å². The Morgan fingerprint density at radius 1 is 1.12 bits per heavy atom. The largest absolute Gasteiger partial charge is 0.325 e. The number of nitrogens with zero attached hydrogens (tertiary/aromatic N) is 1. The molecule has 0 radical (unpaired) electrons. The van der Waals surface area contributed by atoms with Crippen molar-refractivity contribution < 1.29 is 9.59 Å². The standard InChI is InChI=1S/C19H19N3O2S/c1-13-6-8-16(9-7-13)21-18(23)12-25-14(2)19(24)22-17-5-3-4-15(10-17)11-20/h3-10,14H,12H2,1-2H3,(H,21,23)(H,22,24)/t14-/m1/s1. The molecule has 0 bridgehead atoms. The van der Waals surface area contributed by atoms with Gasteiger partial charge in [-0.2, -0.15) is 5.26 Å². The van der Waals surface area contributed by atoms with Crippen molar-refractivity contribution in [1.82, 2.24) is 0 Å². The van der Waals surface area contributed by atoms with Gasteiger partial charge in [-0.3, -0.25) is 9.59 Å². The summed E-state index contributed by atoms with van der Waals surface area (Å²) in [7, 11) is 0. The van der Waals surface area contributed by atoms with Crippen LogP contribution in [0.3, 0.4) is 0 Å². The van der Waals surface area contributed by atoms with Gasteiger partial charge in [0, 0.05) is 11.4 Å². The Morgan fingerprint density at radius 2 is 1.84 bits per heavy atom. The second-order valence-corrected chi connectivity index (χ2v) is 6.88. The molecular formula is C19H19N3O2S. The molecule has 5 nitrogen and oxygen atoms in total. The molecule has 2 N–H and O–H groups in total. The van der Waals surface area contributed by atoms with E-state index in [9.17, 15) is 9.59 Å². The Balaban J connectivity index is 1.81. The van der Waals surface area contributed by atoms with E-state index in [-0.39, 0.29) is 17.6 Å². The normalized spacial score (nSPS) is 11.2. The second-order valence-electron chi connectivity index (χ2n) is 5.55. The maximum absolute atomic E-state index is 12.2. The third-order valence-electron chi connectivity index (χ3n) is 3.43. The zero-order valence-corrected chi connectivity index (χ0v) is 14.9. The smallest absolute Gasteiger partial charge is 0.237 e. The highest BCUT2D eigenvalue weighted by Gasteiger charge is 2.15. The van der Waals surface area contributed by atoms with Crippen LogP contribution in [0.4, 0.5) is 11.4 Å². The number of nitrogens with one attached hydrogen (secondary N) is 2. The minimum Gasteiger partial charge on any atom is -0.325 e. The second kappa shape index (κ2) is 8.90. The van der Waals surface area contributed by atoms with Crippen molar-refractivity contribution in [2.24, 2.45) is 0 Å². The number of aryl methyl sites for hydroxylation is 1. The average molecular weight is 353 g/mol. The molecule has 0 aliphatic heterocycles. The maximum atomic E-state index is 12.2. The van der Waals surface area contributed by atoms with Crippen molar-refractivity contribution in [1.29, 1.82) is 5.26 Å². The highest BCUT2D eigenvalue weighted by molar-refractivity contribution is 8.01. The lowest BCUT2D eigenvalue weighted by Crippen LogP contribution is -2.25. The van der Waals surface area contributed by atoms with Crippen molar-refractivity contribution in [3.8, 4) is 6.07 Å². The van der Waals surface area contributed by atoms with Gasteiger partial charge in [0.05, 0.1) is 22.6 Å². The van der Waals surface area contributed by atoms with Gasteiger partial charge >= 0.3 is 0 Å². The summed E-state index contributed by atoms with van der Waals surface area (Å²) in [5, 5.41) is 14.0. The Bertz CT molecular complexity index is 797. The molecule has 2 aromatic rings. The van der Waals surface area contributed by atoms with Crippen LogP contribution in [0, 0.1) is 18.3 Å². The van der Waals surface area contributed by atoms with Gasteiger partial charge in [0.15, 0.2) is 0 Å². The van der Waals surface area contributed by atoms with Crippen molar-refractivity contribution in [2.75, 3.05) is 16.4 Å². The molecular weight excluding hydrogens is 334 g/mol. The van der Waals surface area contributed by atoms with Gasteiger partial charge in [-0.15, -0.1) is 11.8 Å². The van der Waals surface area contributed by atoms with Crippen LogP contribution in [0.15, 0.2) is 48.5 Å². The van der Waals surface area contributed by atoms with E-state index in [1.54, 1.807) is 31.2 Å². The minimum absolute atomic E-state index is 0.153. The van der Waals surface area contributed by atoms with Crippen LogP contribution >= 0.6 is 11.8 Å². The fourth-order valence-electron chi connectivity index (χ4n) is 2.02. The van der Waals surface area contributed by atoms with Crippen LogP contribution in [0.25, 0.3) is 0 Å². The summed E-state index contributed by atoms with van der Waals surface area (Å²) < 4.78 is 0. The molecule has 6 heteroatoms. The number of amides is 2. The molecule has 0 saturated carbocycles. The molecule has 2 rings (SSSR count). The Morgan fingerprint density at radius 3 is 2.52 bits per heavy atom. The summed E-state index contributed by atoms with van der Waals surface area (Å²) in [4.78, 5) is 24.1. The van der Waals surface area contributed by atoms with Crippen LogP contribution in [0.2, 0.25) is 0 Å². The number of nitriles is 1. The molecule has 0 spiro atoms. The molecule has 0 aromatic heterocycles. The summed E-state index contributed by atoms with van der Waals surface area (Å²) in [5.41, 5.74) is 2.91. The van der Waals surface area contributed by atoms with Crippen LogP contribution in [0.5, 0.6) is 0 Å². The maximum Gasteiger partial charge on any atom is 0.237 e. The minimum atomic E-state index is -0.394. The van der Waals surface area contributed by atoms with Crippen molar-refractivity contribution in [2.45, 2.75) is 19.1 Å². The highest BCUT2D eigenvalue weighted by Crippen LogP contribution is 2.16. The Kier molecular flexibility index (Phi) is 6.61. The van der Waals surface area contributed by atoms with E-state index in [0.717, 1.165) is 11.3 Å². The van der Waals surface area contributed by atoms with Crippen LogP contribution in [0.1, 0.15) is 18.1 Å². The lowest BCUT2D eigenvalue weighted by Gasteiger charge is -2.12. The van der Waals surface area contributed by atoms with Gasteiger partial charge in [-0.25, -0.2) is 0 Å². The zero-order chi connectivity index (χ0) is 18.2. The quantitative estimate of drug-likeness (QED) is 0.832. The molecule has 1 atom stereocenters. The number of rotatable bonds is 6. The van der Waals surface area contributed by atoms with E-state index < -0.39 is 5.25 Å². The number of hydrogen-bond donors (Lipinski definition) is 2. The predicted octanol–water partition coefficient (Wildman–Crippen LogP) is 3.57. The van der Waals surface area contributed by atoms with Crippen LogP contribution < -0.4 is 10.6 Å². The zero-order valence-electron chi connectivity index (χ0n) is 14.1. The van der Waals surface area contributed by atoms with E-state index in [1.807, 2.05) is 37.3 Å². The molecule has 128 valence electrons. The first kappa shape index (κ1) is 18.6. The topological polar surface area (TPSA) is 82.0 Å². The molecule has 2 aromatic carbocycles. The molecule has 0 saturated heterocycles. The number of carbonyl (C=O) groups is 2. The number of hydrogen-bond acceptors (Lipinski definition) is 4. The van der Waals surface area contributed by atoms with Crippen molar-refractivity contribution in [3.63, 3.8) is 0 Å². The molecule has 0 heterocycles. The van der Waals surface area contributed by atoms with Gasteiger partial charge in [-0.1, -0.05) is 23.8 Å². The summed E-state index contributed by atoms with van der Waals surface area (Å²) in [6.45, 7) is 3.72. The first-order chi connectivity index (χ1) is 12.0.